The van der Waals surface area contributed by atoms with Crippen LogP contribution in [0, 0.1) is 0 Å². The first-order chi connectivity index (χ1) is 8.66. The highest BCUT2D eigenvalue weighted by Gasteiger charge is 2.29. The molecule has 0 aromatic carbocycles. The minimum atomic E-state index is -0.300. The van der Waals surface area contributed by atoms with Crippen LogP contribution in [0.5, 0.6) is 0 Å². The molecule has 102 valence electrons. The SMILES string of the molecule is CN(CCN1CCNCC1)C(=O)C1CCC(=O)N1. The van der Waals surface area contributed by atoms with Crippen LogP contribution in [0.1, 0.15) is 12.8 Å². The van der Waals surface area contributed by atoms with Crippen molar-refractivity contribution in [2.75, 3.05) is 46.3 Å². The Morgan fingerprint density at radius 2 is 2.17 bits per heavy atom. The zero-order chi connectivity index (χ0) is 13.0. The quantitative estimate of drug-likeness (QED) is 0.649. The zero-order valence-electron chi connectivity index (χ0n) is 10.9. The van der Waals surface area contributed by atoms with E-state index in [2.05, 4.69) is 15.5 Å². The van der Waals surface area contributed by atoms with E-state index in [9.17, 15) is 9.59 Å². The zero-order valence-corrected chi connectivity index (χ0v) is 10.9. The van der Waals surface area contributed by atoms with Gasteiger partial charge in [-0.15, -0.1) is 0 Å². The summed E-state index contributed by atoms with van der Waals surface area (Å²) in [4.78, 5) is 27.2. The van der Waals surface area contributed by atoms with Gasteiger partial charge in [0.1, 0.15) is 6.04 Å². The molecule has 0 aromatic rings. The van der Waals surface area contributed by atoms with Crippen molar-refractivity contribution in [3.8, 4) is 0 Å². The van der Waals surface area contributed by atoms with Gasteiger partial charge in [-0.25, -0.2) is 0 Å². The van der Waals surface area contributed by atoms with E-state index in [0.717, 1.165) is 39.3 Å². The van der Waals surface area contributed by atoms with E-state index in [1.54, 1.807) is 4.90 Å². The second kappa shape index (κ2) is 6.15. The number of hydrogen-bond donors (Lipinski definition) is 2. The second-order valence-corrected chi connectivity index (χ2v) is 5.01. The van der Waals surface area contributed by atoms with E-state index < -0.39 is 0 Å². The predicted octanol–water partition coefficient (Wildman–Crippen LogP) is -1.37. The molecule has 0 spiro atoms. The molecular weight excluding hydrogens is 232 g/mol. The van der Waals surface area contributed by atoms with Crippen LogP contribution in [-0.2, 0) is 9.59 Å². The third-order valence-corrected chi connectivity index (χ3v) is 3.63. The molecule has 2 fully saturated rings. The summed E-state index contributed by atoms with van der Waals surface area (Å²) >= 11 is 0. The molecule has 0 radical (unpaired) electrons. The molecule has 2 saturated heterocycles. The number of carbonyl (C=O) groups is 2. The van der Waals surface area contributed by atoms with Crippen molar-refractivity contribution in [3.63, 3.8) is 0 Å². The van der Waals surface area contributed by atoms with E-state index in [4.69, 9.17) is 0 Å². The van der Waals surface area contributed by atoms with Crippen LogP contribution in [0.15, 0.2) is 0 Å². The van der Waals surface area contributed by atoms with E-state index >= 15 is 0 Å². The normalized spacial score (nSPS) is 24.9. The molecule has 2 amide bonds. The topological polar surface area (TPSA) is 64.7 Å². The molecule has 0 aromatic heterocycles. The minimum Gasteiger partial charge on any atom is -0.344 e. The Kier molecular flexibility index (Phi) is 4.54. The maximum absolute atomic E-state index is 12.0. The molecule has 2 heterocycles. The highest BCUT2D eigenvalue weighted by molar-refractivity contribution is 5.90. The first-order valence-electron chi connectivity index (χ1n) is 6.64. The van der Waals surface area contributed by atoms with Crippen LogP contribution < -0.4 is 10.6 Å². The Labute approximate surface area is 108 Å². The molecule has 18 heavy (non-hydrogen) atoms. The lowest BCUT2D eigenvalue weighted by Gasteiger charge is -2.29. The smallest absolute Gasteiger partial charge is 0.244 e. The second-order valence-electron chi connectivity index (χ2n) is 5.01. The molecule has 6 heteroatoms. The number of nitrogens with one attached hydrogen (secondary N) is 2. The fourth-order valence-electron chi connectivity index (χ4n) is 2.40. The van der Waals surface area contributed by atoms with Crippen molar-refractivity contribution in [2.24, 2.45) is 0 Å². The molecule has 2 aliphatic rings. The average Bonchev–Trinajstić information content (AvgIpc) is 2.83. The highest BCUT2D eigenvalue weighted by Crippen LogP contribution is 2.09. The van der Waals surface area contributed by atoms with Crippen molar-refractivity contribution in [1.82, 2.24) is 20.4 Å². The molecule has 2 aliphatic heterocycles. The molecule has 2 rings (SSSR count). The lowest BCUT2D eigenvalue weighted by atomic mass is 10.2. The lowest BCUT2D eigenvalue weighted by molar-refractivity contribution is -0.133. The Bertz CT molecular complexity index is 315. The van der Waals surface area contributed by atoms with Gasteiger partial charge in [0.25, 0.3) is 0 Å². The van der Waals surface area contributed by atoms with Gasteiger partial charge < -0.3 is 15.5 Å². The fourth-order valence-corrected chi connectivity index (χ4v) is 2.40. The van der Waals surface area contributed by atoms with Gasteiger partial charge in [-0.1, -0.05) is 0 Å². The third-order valence-electron chi connectivity index (χ3n) is 3.63. The maximum Gasteiger partial charge on any atom is 0.244 e. The first-order valence-corrected chi connectivity index (χ1v) is 6.64. The van der Waals surface area contributed by atoms with Crippen LogP contribution in [-0.4, -0.2) is 74.0 Å². The molecule has 0 aliphatic carbocycles. The predicted molar refractivity (Wildman–Crippen MR) is 68.1 cm³/mol. The summed E-state index contributed by atoms with van der Waals surface area (Å²) in [6.07, 6.45) is 1.11. The monoisotopic (exact) mass is 254 g/mol. The number of nitrogens with zero attached hydrogens (tertiary/aromatic N) is 2. The summed E-state index contributed by atoms with van der Waals surface area (Å²) in [6.45, 7) is 5.77. The van der Waals surface area contributed by atoms with Gasteiger partial charge in [-0.3, -0.25) is 14.5 Å². The van der Waals surface area contributed by atoms with Crippen LogP contribution in [0.2, 0.25) is 0 Å². The minimum absolute atomic E-state index is 0.0103. The molecular formula is C12H22N4O2. The standard InChI is InChI=1S/C12H22N4O2/c1-15(8-9-16-6-4-13-5-7-16)12(18)10-2-3-11(17)14-10/h10,13H,2-9H2,1H3,(H,14,17). The summed E-state index contributed by atoms with van der Waals surface area (Å²) in [6, 6.07) is -0.300. The van der Waals surface area contributed by atoms with Crippen LogP contribution >= 0.6 is 0 Å². The van der Waals surface area contributed by atoms with Crippen molar-refractivity contribution >= 4 is 11.8 Å². The van der Waals surface area contributed by atoms with Gasteiger partial charge in [0.05, 0.1) is 0 Å². The lowest BCUT2D eigenvalue weighted by Crippen LogP contribution is -2.48. The first kappa shape index (κ1) is 13.3. The van der Waals surface area contributed by atoms with E-state index in [-0.39, 0.29) is 17.9 Å². The highest BCUT2D eigenvalue weighted by atomic mass is 16.2. The largest absolute Gasteiger partial charge is 0.344 e. The van der Waals surface area contributed by atoms with Crippen LogP contribution in [0.3, 0.4) is 0 Å². The molecule has 0 bridgehead atoms. The fraction of sp³-hybridized carbons (Fsp3) is 0.833. The summed E-state index contributed by atoms with van der Waals surface area (Å²) in [5.41, 5.74) is 0. The Morgan fingerprint density at radius 3 is 2.78 bits per heavy atom. The van der Waals surface area contributed by atoms with Gasteiger partial charge >= 0.3 is 0 Å². The summed E-state index contributed by atoms with van der Waals surface area (Å²) in [5, 5.41) is 6.02. The summed E-state index contributed by atoms with van der Waals surface area (Å²) < 4.78 is 0. The molecule has 6 nitrogen and oxygen atoms in total. The van der Waals surface area contributed by atoms with Crippen LogP contribution in [0.25, 0.3) is 0 Å². The maximum atomic E-state index is 12.0. The number of piperazine rings is 1. The van der Waals surface area contributed by atoms with E-state index in [0.29, 0.717) is 12.8 Å². The Balaban J connectivity index is 1.71. The Hall–Kier alpha value is -1.14. The van der Waals surface area contributed by atoms with Crippen molar-refractivity contribution in [3.05, 3.63) is 0 Å². The van der Waals surface area contributed by atoms with Crippen LogP contribution in [0.4, 0.5) is 0 Å². The number of hydrogen-bond acceptors (Lipinski definition) is 4. The number of carbonyl (C=O) groups excluding carboxylic acids is 2. The number of amides is 2. The van der Waals surface area contributed by atoms with Gasteiger partial charge in [-0.2, -0.15) is 0 Å². The van der Waals surface area contributed by atoms with Gasteiger partial charge in [0, 0.05) is 52.7 Å². The third kappa shape index (κ3) is 3.43. The van der Waals surface area contributed by atoms with Crippen molar-refractivity contribution in [1.29, 1.82) is 0 Å². The molecule has 0 saturated carbocycles. The Morgan fingerprint density at radius 1 is 1.44 bits per heavy atom. The molecule has 1 atom stereocenters. The van der Waals surface area contributed by atoms with Gasteiger partial charge in [0.2, 0.25) is 11.8 Å². The average molecular weight is 254 g/mol. The van der Waals surface area contributed by atoms with Crippen molar-refractivity contribution in [2.45, 2.75) is 18.9 Å². The summed E-state index contributed by atoms with van der Waals surface area (Å²) in [7, 11) is 1.81. The van der Waals surface area contributed by atoms with E-state index in [1.807, 2.05) is 7.05 Å². The molecule has 2 N–H and O–H groups in total. The molecule has 1 unspecified atom stereocenters. The van der Waals surface area contributed by atoms with Gasteiger partial charge in [0.15, 0.2) is 0 Å². The number of likely N-dealkylation sites (N-methyl/N-ethyl adjacent to an activating group) is 1. The summed E-state index contributed by atoms with van der Waals surface area (Å²) in [5.74, 6) is 0.0276. The van der Waals surface area contributed by atoms with Gasteiger partial charge in [-0.05, 0) is 6.42 Å². The van der Waals surface area contributed by atoms with Crippen molar-refractivity contribution < 1.29 is 9.59 Å². The van der Waals surface area contributed by atoms with E-state index in [1.165, 1.54) is 0 Å². The number of rotatable bonds is 4.